The van der Waals surface area contributed by atoms with E-state index in [1.54, 1.807) is 6.07 Å². The van der Waals surface area contributed by atoms with Crippen LogP contribution in [0.4, 0.5) is 8.78 Å². The minimum atomic E-state index is -2.36. The van der Waals surface area contributed by atoms with Crippen LogP contribution in [-0.2, 0) is 0 Å². The fourth-order valence-corrected chi connectivity index (χ4v) is 2.76. The first-order chi connectivity index (χ1) is 12.9. The van der Waals surface area contributed by atoms with E-state index >= 15 is 0 Å². The van der Waals surface area contributed by atoms with Crippen molar-refractivity contribution in [1.82, 2.24) is 20.2 Å². The number of hydrogen-bond donors (Lipinski definition) is 0. The molecule has 0 aromatic carbocycles. The molecule has 2 atom stereocenters. The molecule has 2 aromatic rings. The van der Waals surface area contributed by atoms with Crippen molar-refractivity contribution in [2.75, 3.05) is 14.2 Å². The van der Waals surface area contributed by atoms with Crippen LogP contribution in [0.3, 0.4) is 0 Å². The Hall–Kier alpha value is -2.82. The van der Waals surface area contributed by atoms with Gasteiger partial charge in [0.25, 0.3) is 0 Å². The van der Waals surface area contributed by atoms with Crippen molar-refractivity contribution in [3.8, 4) is 35.0 Å². The Kier molecular flexibility index (Phi) is 5.49. The van der Waals surface area contributed by atoms with E-state index in [0.29, 0.717) is 28.9 Å². The van der Waals surface area contributed by atoms with Gasteiger partial charge in [-0.2, -0.15) is 4.98 Å². The number of ether oxygens (including phenoxy) is 2. The number of halogens is 2. The van der Waals surface area contributed by atoms with Gasteiger partial charge in [0.15, 0.2) is 0 Å². The Bertz CT molecular complexity index is 893. The van der Waals surface area contributed by atoms with E-state index in [-0.39, 0.29) is 23.7 Å². The zero-order valence-corrected chi connectivity index (χ0v) is 15.5. The van der Waals surface area contributed by atoms with Crippen molar-refractivity contribution in [1.29, 1.82) is 0 Å². The number of hydrogen-bond acceptors (Lipinski definition) is 6. The van der Waals surface area contributed by atoms with Crippen molar-refractivity contribution >= 4 is 0 Å². The summed E-state index contributed by atoms with van der Waals surface area (Å²) in [5.41, 5.74) is 2.06. The van der Waals surface area contributed by atoms with Crippen molar-refractivity contribution in [2.24, 2.45) is 11.8 Å². The van der Waals surface area contributed by atoms with E-state index in [1.807, 2.05) is 13.8 Å². The molecule has 142 valence electrons. The van der Waals surface area contributed by atoms with Crippen LogP contribution in [0.2, 0.25) is 0 Å². The third kappa shape index (κ3) is 4.13. The van der Waals surface area contributed by atoms with Crippen molar-refractivity contribution in [3.63, 3.8) is 0 Å². The van der Waals surface area contributed by atoms with Crippen LogP contribution < -0.4 is 9.47 Å². The summed E-state index contributed by atoms with van der Waals surface area (Å²) in [6, 6.07) is 1.89. The lowest BCUT2D eigenvalue weighted by atomic mass is 10.0. The van der Waals surface area contributed by atoms with Crippen LogP contribution in [-0.4, -0.2) is 40.8 Å². The van der Waals surface area contributed by atoms with E-state index < -0.39 is 12.3 Å². The average molecular weight is 374 g/mol. The highest BCUT2D eigenvalue weighted by Gasteiger charge is 2.46. The van der Waals surface area contributed by atoms with Gasteiger partial charge in [-0.25, -0.2) is 13.8 Å². The fourth-order valence-electron chi connectivity index (χ4n) is 2.76. The number of rotatable bonds is 5. The molecule has 0 N–H and O–H groups in total. The Labute approximate surface area is 156 Å². The topological polar surface area (TPSA) is 70.0 Å². The summed E-state index contributed by atoms with van der Waals surface area (Å²) in [5, 5.41) is 8.38. The SMILES string of the molecule is COc1ncc(-c2cc(C3C[C@@H]3C(F)F)c(C#CC(C)C)nn2)c(OC)n1. The molecule has 1 aliphatic rings. The van der Waals surface area contributed by atoms with E-state index in [1.165, 1.54) is 20.4 Å². The van der Waals surface area contributed by atoms with E-state index in [2.05, 4.69) is 32.0 Å². The summed E-state index contributed by atoms with van der Waals surface area (Å²) in [6.45, 7) is 3.90. The zero-order chi connectivity index (χ0) is 19.6. The lowest BCUT2D eigenvalue weighted by Gasteiger charge is -2.10. The van der Waals surface area contributed by atoms with Crippen molar-refractivity contribution in [2.45, 2.75) is 32.6 Å². The molecule has 0 saturated heterocycles. The molecule has 6 nitrogen and oxygen atoms in total. The number of nitrogens with zero attached hydrogens (tertiary/aromatic N) is 4. The molecule has 2 heterocycles. The molecule has 0 radical (unpaired) electrons. The van der Waals surface area contributed by atoms with Gasteiger partial charge in [0.05, 0.1) is 19.8 Å². The van der Waals surface area contributed by atoms with Gasteiger partial charge >= 0.3 is 6.01 Å². The lowest BCUT2D eigenvalue weighted by Crippen LogP contribution is -2.03. The van der Waals surface area contributed by atoms with Gasteiger partial charge in [-0.3, -0.25) is 0 Å². The third-order valence-electron chi connectivity index (χ3n) is 4.25. The van der Waals surface area contributed by atoms with Crippen LogP contribution in [0.15, 0.2) is 12.3 Å². The summed E-state index contributed by atoms with van der Waals surface area (Å²) in [6.07, 6.45) is -0.443. The standard InChI is InChI=1S/C19H20F2N4O2/c1-10(2)5-6-15-12(11-7-13(11)17(20)21)8-16(25-24-15)14-9-22-19(27-4)23-18(14)26-3/h8-11,13,17H,7H2,1-4H3/t11?,13-/m0/s1. The molecule has 1 saturated carbocycles. The largest absolute Gasteiger partial charge is 0.480 e. The normalized spacial score (nSPS) is 18.2. The summed E-state index contributed by atoms with van der Waals surface area (Å²) >= 11 is 0. The molecule has 0 amide bonds. The summed E-state index contributed by atoms with van der Waals surface area (Å²) in [7, 11) is 2.92. The number of aromatic nitrogens is 4. The van der Waals surface area contributed by atoms with Crippen LogP contribution in [0, 0.1) is 23.7 Å². The maximum Gasteiger partial charge on any atom is 0.319 e. The summed E-state index contributed by atoms with van der Waals surface area (Å²) < 4.78 is 36.5. The van der Waals surface area contributed by atoms with Gasteiger partial charge < -0.3 is 9.47 Å². The van der Waals surface area contributed by atoms with Gasteiger partial charge in [0, 0.05) is 18.0 Å². The van der Waals surface area contributed by atoms with Gasteiger partial charge in [-0.05, 0) is 29.9 Å². The van der Waals surface area contributed by atoms with Gasteiger partial charge in [0.2, 0.25) is 12.3 Å². The Morgan fingerprint density at radius 3 is 2.56 bits per heavy atom. The molecular formula is C19H20F2N4O2. The Morgan fingerprint density at radius 2 is 1.96 bits per heavy atom. The molecule has 3 rings (SSSR count). The minimum Gasteiger partial charge on any atom is -0.480 e. The molecule has 8 heteroatoms. The van der Waals surface area contributed by atoms with Gasteiger partial charge in [0.1, 0.15) is 11.4 Å². The first-order valence-corrected chi connectivity index (χ1v) is 8.57. The van der Waals surface area contributed by atoms with Crippen LogP contribution in [0.1, 0.15) is 37.4 Å². The smallest absolute Gasteiger partial charge is 0.319 e. The second-order valence-electron chi connectivity index (χ2n) is 6.58. The first-order valence-electron chi connectivity index (χ1n) is 8.57. The maximum absolute atomic E-state index is 13.1. The Morgan fingerprint density at radius 1 is 1.19 bits per heavy atom. The second-order valence-corrected chi connectivity index (χ2v) is 6.58. The molecule has 1 aliphatic carbocycles. The molecular weight excluding hydrogens is 354 g/mol. The minimum absolute atomic E-state index is 0.138. The average Bonchev–Trinajstić information content (AvgIpc) is 3.46. The predicted octanol–water partition coefficient (Wildman–Crippen LogP) is 3.33. The molecule has 1 unspecified atom stereocenters. The highest BCUT2D eigenvalue weighted by atomic mass is 19.3. The Balaban J connectivity index is 2.05. The highest BCUT2D eigenvalue weighted by Crippen LogP contribution is 2.52. The molecule has 1 fully saturated rings. The van der Waals surface area contributed by atoms with Crippen LogP contribution >= 0.6 is 0 Å². The summed E-state index contributed by atoms with van der Waals surface area (Å²) in [5.74, 6) is 5.45. The van der Waals surface area contributed by atoms with Crippen molar-refractivity contribution in [3.05, 3.63) is 23.5 Å². The van der Waals surface area contributed by atoms with E-state index in [9.17, 15) is 8.78 Å². The van der Waals surface area contributed by atoms with Crippen LogP contribution in [0.5, 0.6) is 11.9 Å². The molecule has 0 bridgehead atoms. The van der Waals surface area contributed by atoms with E-state index in [0.717, 1.165) is 0 Å². The molecule has 2 aromatic heterocycles. The fraction of sp³-hybridized carbons (Fsp3) is 0.474. The molecule has 27 heavy (non-hydrogen) atoms. The van der Waals surface area contributed by atoms with Crippen molar-refractivity contribution < 1.29 is 18.3 Å². The third-order valence-corrected chi connectivity index (χ3v) is 4.25. The zero-order valence-electron chi connectivity index (χ0n) is 15.5. The lowest BCUT2D eigenvalue weighted by molar-refractivity contribution is 0.120. The number of alkyl halides is 2. The highest BCUT2D eigenvalue weighted by molar-refractivity contribution is 5.65. The monoisotopic (exact) mass is 374 g/mol. The first kappa shape index (κ1) is 19.0. The quantitative estimate of drug-likeness (QED) is 0.748. The van der Waals surface area contributed by atoms with Crippen LogP contribution in [0.25, 0.3) is 11.3 Å². The van der Waals surface area contributed by atoms with Gasteiger partial charge in [-0.15, -0.1) is 10.2 Å². The maximum atomic E-state index is 13.1. The number of methoxy groups -OCH3 is 2. The van der Waals surface area contributed by atoms with E-state index in [4.69, 9.17) is 9.47 Å². The second kappa shape index (κ2) is 7.82. The molecule has 0 spiro atoms. The summed E-state index contributed by atoms with van der Waals surface area (Å²) in [4.78, 5) is 8.20. The van der Waals surface area contributed by atoms with Gasteiger partial charge in [-0.1, -0.05) is 19.8 Å². The predicted molar refractivity (Wildman–Crippen MR) is 94.7 cm³/mol. The molecule has 0 aliphatic heterocycles.